The zero-order valence-electron chi connectivity index (χ0n) is 22.4. The smallest absolute Gasteiger partial charge is 0.326 e. The Morgan fingerprint density at radius 1 is 0.925 bits per heavy atom. The van der Waals surface area contributed by atoms with Gasteiger partial charge in [-0.05, 0) is 61.9 Å². The molecule has 4 atom stereocenters. The van der Waals surface area contributed by atoms with Gasteiger partial charge in [0.15, 0.2) is 0 Å². The van der Waals surface area contributed by atoms with E-state index < -0.39 is 60.3 Å². The third kappa shape index (κ3) is 13.4. The lowest BCUT2D eigenvalue weighted by Gasteiger charge is -2.24. The quantitative estimate of drug-likeness (QED) is 0.0676. The number of phenols is 1. The lowest BCUT2D eigenvalue weighted by Crippen LogP contribution is -2.57. The number of benzene rings is 1. The SMILES string of the molecule is CSCC[C@H](NC(=O)[C@@H](N)CS)C(=O)N[C@@H](Cc1ccc(O)cc1)C(=O)NCC(=O)N[C@@H](CCCCN)C(=O)O. The van der Waals surface area contributed by atoms with Crippen LogP contribution in [0, 0.1) is 0 Å². The summed E-state index contributed by atoms with van der Waals surface area (Å²) in [5, 5.41) is 29.0. The molecule has 13 nitrogen and oxygen atoms in total. The number of thioether (sulfide) groups is 1. The minimum atomic E-state index is -1.20. The van der Waals surface area contributed by atoms with E-state index in [-0.39, 0.29) is 30.8 Å². The topological polar surface area (TPSA) is 226 Å². The van der Waals surface area contributed by atoms with Gasteiger partial charge in [-0.25, -0.2) is 4.79 Å². The third-order valence-corrected chi connectivity index (χ3v) is 6.83. The molecule has 0 spiro atoms. The zero-order chi connectivity index (χ0) is 30.1. The maximum atomic E-state index is 13.2. The van der Waals surface area contributed by atoms with Crippen LogP contribution in [0.1, 0.15) is 31.2 Å². The predicted octanol–water partition coefficient (Wildman–Crippen LogP) is -1.27. The molecule has 0 aliphatic rings. The molecule has 0 fully saturated rings. The van der Waals surface area contributed by atoms with Crippen LogP contribution in [0.3, 0.4) is 0 Å². The largest absolute Gasteiger partial charge is 0.508 e. The molecule has 0 unspecified atom stereocenters. The number of amides is 4. The fourth-order valence-electron chi connectivity index (χ4n) is 3.50. The second-order valence-corrected chi connectivity index (χ2v) is 10.4. The molecule has 0 aromatic heterocycles. The van der Waals surface area contributed by atoms with Gasteiger partial charge in [-0.1, -0.05) is 12.1 Å². The summed E-state index contributed by atoms with van der Waals surface area (Å²) in [6.45, 7) is -0.126. The molecule has 0 heterocycles. The fraction of sp³-hybridized carbons (Fsp3) is 0.560. The second kappa shape index (κ2) is 19.1. The number of carboxylic acid groups (broad SMARTS) is 1. The van der Waals surface area contributed by atoms with Crippen molar-refractivity contribution in [2.75, 3.05) is 30.9 Å². The summed E-state index contributed by atoms with van der Waals surface area (Å²) in [7, 11) is 0. The molecule has 10 N–H and O–H groups in total. The summed E-state index contributed by atoms with van der Waals surface area (Å²) in [5.74, 6) is -3.17. The van der Waals surface area contributed by atoms with Crippen LogP contribution in [-0.4, -0.2) is 94.8 Å². The van der Waals surface area contributed by atoms with Gasteiger partial charge in [0, 0.05) is 12.2 Å². The zero-order valence-corrected chi connectivity index (χ0v) is 24.1. The van der Waals surface area contributed by atoms with Gasteiger partial charge in [0.25, 0.3) is 0 Å². The Kier molecular flexibility index (Phi) is 16.7. The molecule has 0 bridgehead atoms. The Morgan fingerprint density at radius 3 is 2.15 bits per heavy atom. The van der Waals surface area contributed by atoms with Crippen LogP contribution in [0.5, 0.6) is 5.75 Å². The van der Waals surface area contributed by atoms with E-state index in [0.717, 1.165) is 0 Å². The fourth-order valence-corrected chi connectivity index (χ4v) is 4.14. The highest BCUT2D eigenvalue weighted by molar-refractivity contribution is 7.98. The van der Waals surface area contributed by atoms with Crippen molar-refractivity contribution >= 4 is 54.0 Å². The molecule has 0 aliphatic carbocycles. The molecular formula is C25H40N6O7S2. The van der Waals surface area contributed by atoms with Crippen LogP contribution in [-0.2, 0) is 30.4 Å². The summed E-state index contributed by atoms with van der Waals surface area (Å²) in [6, 6.07) is 1.82. The number of nitrogens with two attached hydrogens (primary N) is 2. The Bertz CT molecular complexity index is 983. The first-order chi connectivity index (χ1) is 19.0. The van der Waals surface area contributed by atoms with E-state index in [0.29, 0.717) is 30.7 Å². The Balaban J connectivity index is 2.98. The van der Waals surface area contributed by atoms with Gasteiger partial charge in [0.2, 0.25) is 23.6 Å². The molecule has 1 rings (SSSR count). The van der Waals surface area contributed by atoms with E-state index in [4.69, 9.17) is 11.5 Å². The number of unbranched alkanes of at least 4 members (excludes halogenated alkanes) is 1. The van der Waals surface area contributed by atoms with Crippen molar-refractivity contribution in [1.29, 1.82) is 0 Å². The number of aliphatic carboxylic acids is 1. The summed E-state index contributed by atoms with van der Waals surface area (Å²) < 4.78 is 0. The number of thiol groups is 1. The lowest BCUT2D eigenvalue weighted by molar-refractivity contribution is -0.142. The first kappa shape index (κ1) is 35.0. The van der Waals surface area contributed by atoms with E-state index in [9.17, 15) is 34.2 Å². The number of aromatic hydroxyl groups is 1. The molecule has 224 valence electrons. The average molecular weight is 601 g/mol. The first-order valence-electron chi connectivity index (χ1n) is 12.8. The first-order valence-corrected chi connectivity index (χ1v) is 14.8. The molecule has 0 radical (unpaired) electrons. The van der Waals surface area contributed by atoms with E-state index in [1.54, 1.807) is 12.1 Å². The van der Waals surface area contributed by atoms with Crippen molar-refractivity contribution in [1.82, 2.24) is 21.3 Å². The number of carbonyl (C=O) groups is 5. The van der Waals surface area contributed by atoms with Gasteiger partial charge < -0.3 is 42.9 Å². The number of hydrogen-bond donors (Lipinski definition) is 9. The average Bonchev–Trinajstić information content (AvgIpc) is 2.93. The summed E-state index contributed by atoms with van der Waals surface area (Å²) >= 11 is 5.47. The molecule has 0 saturated carbocycles. The molecule has 15 heteroatoms. The minimum absolute atomic E-state index is 0.00958. The van der Waals surface area contributed by atoms with Crippen molar-refractivity contribution in [3.63, 3.8) is 0 Å². The predicted molar refractivity (Wildman–Crippen MR) is 156 cm³/mol. The van der Waals surface area contributed by atoms with Gasteiger partial charge in [0.05, 0.1) is 12.6 Å². The van der Waals surface area contributed by atoms with Gasteiger partial charge in [-0.15, -0.1) is 0 Å². The van der Waals surface area contributed by atoms with Crippen molar-refractivity contribution in [3.8, 4) is 5.75 Å². The van der Waals surface area contributed by atoms with Crippen LogP contribution in [0.15, 0.2) is 24.3 Å². The molecule has 0 aliphatic heterocycles. The van der Waals surface area contributed by atoms with E-state index in [1.165, 1.54) is 23.9 Å². The van der Waals surface area contributed by atoms with Crippen molar-refractivity contribution in [2.24, 2.45) is 11.5 Å². The highest BCUT2D eigenvalue weighted by atomic mass is 32.2. The van der Waals surface area contributed by atoms with Crippen LogP contribution in [0.4, 0.5) is 0 Å². The standard InChI is InChI=1S/C25H40N6O7S2/c1-40-11-9-18(30-22(34)17(27)14-39)24(36)31-20(12-15-5-7-16(32)8-6-15)23(35)28-13-21(33)29-19(25(37)38)4-2-3-10-26/h5-8,17-20,32,39H,2-4,9-14,26-27H2,1H3,(H,28,35)(H,29,33)(H,30,34)(H,31,36)(H,37,38)/t17-,18-,19-,20-/m0/s1. The van der Waals surface area contributed by atoms with Crippen molar-refractivity contribution in [3.05, 3.63) is 29.8 Å². The maximum Gasteiger partial charge on any atom is 0.326 e. The molecular weight excluding hydrogens is 560 g/mol. The van der Waals surface area contributed by atoms with Crippen LogP contribution >= 0.6 is 24.4 Å². The lowest BCUT2D eigenvalue weighted by atomic mass is 10.0. The molecule has 4 amide bonds. The normalized spacial score (nSPS) is 13.8. The van der Waals surface area contributed by atoms with Crippen LogP contribution < -0.4 is 32.7 Å². The highest BCUT2D eigenvalue weighted by Gasteiger charge is 2.28. The number of rotatable bonds is 19. The molecule has 1 aromatic rings. The molecule has 0 saturated heterocycles. The summed E-state index contributed by atoms with van der Waals surface area (Å²) in [4.78, 5) is 62.4. The van der Waals surface area contributed by atoms with E-state index in [2.05, 4.69) is 33.9 Å². The van der Waals surface area contributed by atoms with Gasteiger partial charge in [-0.2, -0.15) is 24.4 Å². The number of phenolic OH excluding ortho intramolecular Hbond substituents is 1. The minimum Gasteiger partial charge on any atom is -0.508 e. The maximum absolute atomic E-state index is 13.2. The highest BCUT2D eigenvalue weighted by Crippen LogP contribution is 2.12. The number of nitrogens with one attached hydrogen (secondary N) is 4. The van der Waals surface area contributed by atoms with Crippen LogP contribution in [0.25, 0.3) is 0 Å². The monoisotopic (exact) mass is 600 g/mol. The van der Waals surface area contributed by atoms with E-state index in [1.807, 2.05) is 6.26 Å². The number of carboxylic acids is 1. The van der Waals surface area contributed by atoms with Gasteiger partial charge in [0.1, 0.15) is 23.9 Å². The van der Waals surface area contributed by atoms with Gasteiger partial charge in [-0.3, -0.25) is 19.2 Å². The summed E-state index contributed by atoms with van der Waals surface area (Å²) in [6.07, 6.45) is 3.42. The van der Waals surface area contributed by atoms with Gasteiger partial charge >= 0.3 is 5.97 Å². The number of carbonyl (C=O) groups excluding carboxylic acids is 4. The number of hydrogen-bond acceptors (Lipinski definition) is 10. The Morgan fingerprint density at radius 2 is 1.57 bits per heavy atom. The second-order valence-electron chi connectivity index (χ2n) is 9.02. The van der Waals surface area contributed by atoms with Crippen molar-refractivity contribution < 1.29 is 34.2 Å². The van der Waals surface area contributed by atoms with Crippen LogP contribution in [0.2, 0.25) is 0 Å². The van der Waals surface area contributed by atoms with E-state index >= 15 is 0 Å². The van der Waals surface area contributed by atoms with Crippen molar-refractivity contribution in [2.45, 2.75) is 56.3 Å². The third-order valence-electron chi connectivity index (χ3n) is 5.79. The molecule has 40 heavy (non-hydrogen) atoms. The Labute approximate surface area is 243 Å². The Hall–Kier alpha value is -3.01. The molecule has 1 aromatic carbocycles. The summed E-state index contributed by atoms with van der Waals surface area (Å²) in [5.41, 5.74) is 11.8.